The van der Waals surface area contributed by atoms with Crippen LogP contribution in [0.4, 0.5) is 0 Å². The number of nitrogens with zero attached hydrogens (tertiary/aromatic N) is 1. The van der Waals surface area contributed by atoms with Gasteiger partial charge in [0, 0.05) is 30.9 Å². The third-order valence-corrected chi connectivity index (χ3v) is 4.33. The highest BCUT2D eigenvalue weighted by atomic mass is 16.5. The van der Waals surface area contributed by atoms with E-state index in [0.717, 1.165) is 40.1 Å². The van der Waals surface area contributed by atoms with Crippen LogP contribution in [-0.4, -0.2) is 30.1 Å². The highest BCUT2D eigenvalue weighted by molar-refractivity contribution is 5.93. The van der Waals surface area contributed by atoms with Crippen LogP contribution in [0.15, 0.2) is 48.2 Å². The van der Waals surface area contributed by atoms with E-state index in [1.807, 2.05) is 26.2 Å². The lowest BCUT2D eigenvalue weighted by atomic mass is 9.90. The number of benzene rings is 2. The summed E-state index contributed by atoms with van der Waals surface area (Å²) >= 11 is 0. The molecule has 0 aromatic heterocycles. The van der Waals surface area contributed by atoms with Gasteiger partial charge in [-0.05, 0) is 35.7 Å². The summed E-state index contributed by atoms with van der Waals surface area (Å²) in [6, 6.07) is 13.2. The predicted octanol–water partition coefficient (Wildman–Crippen LogP) is 4.01. The van der Waals surface area contributed by atoms with Crippen LogP contribution in [0.3, 0.4) is 0 Å². The largest absolute Gasteiger partial charge is 0.488 e. The van der Waals surface area contributed by atoms with Gasteiger partial charge in [0.05, 0.1) is 5.56 Å². The maximum atomic E-state index is 11.4. The van der Waals surface area contributed by atoms with Gasteiger partial charge < -0.3 is 14.7 Å². The third kappa shape index (κ3) is 2.75. The maximum Gasteiger partial charge on any atom is 0.335 e. The maximum absolute atomic E-state index is 11.4. The van der Waals surface area contributed by atoms with Crippen LogP contribution in [0.2, 0.25) is 0 Å². The van der Waals surface area contributed by atoms with Crippen molar-refractivity contribution in [3.05, 3.63) is 70.4 Å². The molecule has 1 aliphatic heterocycles. The molecule has 0 atom stereocenters. The molecule has 124 valence electrons. The standard InChI is InChI=1S/C20H21NO3/c1-4-17(21(2)3)19-15-8-6-5-7-14(15)12-24-18-10-9-13(20(22)23)11-16(18)19/h5-11H,4,12H2,1-3H3,(H,22,23)/b19-17+. The van der Waals surface area contributed by atoms with Gasteiger partial charge in [0.1, 0.15) is 12.4 Å². The summed E-state index contributed by atoms with van der Waals surface area (Å²) in [5.41, 5.74) is 5.51. The summed E-state index contributed by atoms with van der Waals surface area (Å²) in [6.07, 6.45) is 0.841. The molecular formula is C20H21NO3. The Labute approximate surface area is 142 Å². The molecule has 0 unspecified atom stereocenters. The number of allylic oxidation sites excluding steroid dienone is 1. The zero-order valence-electron chi connectivity index (χ0n) is 14.2. The molecule has 0 aliphatic carbocycles. The number of aromatic carboxylic acids is 1. The first kappa shape index (κ1) is 16.1. The Morgan fingerprint density at radius 1 is 1.17 bits per heavy atom. The summed E-state index contributed by atoms with van der Waals surface area (Å²) < 4.78 is 5.97. The van der Waals surface area contributed by atoms with E-state index in [1.54, 1.807) is 18.2 Å². The van der Waals surface area contributed by atoms with Crippen molar-refractivity contribution in [2.24, 2.45) is 0 Å². The lowest BCUT2D eigenvalue weighted by molar-refractivity contribution is 0.0697. The number of hydrogen-bond donors (Lipinski definition) is 1. The number of carboxylic acid groups (broad SMARTS) is 1. The van der Waals surface area contributed by atoms with E-state index in [2.05, 4.69) is 24.0 Å². The van der Waals surface area contributed by atoms with Crippen LogP contribution < -0.4 is 4.74 Å². The number of carboxylic acids is 1. The van der Waals surface area contributed by atoms with E-state index in [-0.39, 0.29) is 5.56 Å². The Morgan fingerprint density at radius 2 is 1.92 bits per heavy atom. The molecule has 4 nitrogen and oxygen atoms in total. The molecule has 0 amide bonds. The number of fused-ring (bicyclic) bond motifs is 2. The Kier molecular flexibility index (Phi) is 4.30. The second-order valence-electron chi connectivity index (χ2n) is 6.03. The monoisotopic (exact) mass is 323 g/mol. The molecule has 0 radical (unpaired) electrons. The Balaban J connectivity index is 2.37. The van der Waals surface area contributed by atoms with E-state index in [1.165, 1.54) is 0 Å². The summed E-state index contributed by atoms with van der Waals surface area (Å²) in [4.78, 5) is 13.5. The first-order valence-corrected chi connectivity index (χ1v) is 8.02. The van der Waals surface area contributed by atoms with Gasteiger partial charge in [0.25, 0.3) is 0 Å². The van der Waals surface area contributed by atoms with Crippen LogP contribution >= 0.6 is 0 Å². The molecule has 0 fully saturated rings. The van der Waals surface area contributed by atoms with Crippen molar-refractivity contribution in [2.45, 2.75) is 20.0 Å². The fourth-order valence-corrected chi connectivity index (χ4v) is 3.20. The summed E-state index contributed by atoms with van der Waals surface area (Å²) in [7, 11) is 4.03. The van der Waals surface area contributed by atoms with Crippen molar-refractivity contribution in [1.29, 1.82) is 0 Å². The first-order chi connectivity index (χ1) is 11.5. The average molecular weight is 323 g/mol. The summed E-state index contributed by atoms with van der Waals surface area (Å²) in [6.45, 7) is 2.58. The molecule has 1 aliphatic rings. The Bertz CT molecular complexity index is 821. The van der Waals surface area contributed by atoms with Crippen LogP contribution in [0.25, 0.3) is 5.57 Å². The van der Waals surface area contributed by atoms with Gasteiger partial charge in [-0.1, -0.05) is 31.2 Å². The van der Waals surface area contributed by atoms with Crippen LogP contribution in [-0.2, 0) is 6.61 Å². The van der Waals surface area contributed by atoms with Gasteiger partial charge >= 0.3 is 5.97 Å². The molecule has 2 aromatic rings. The van der Waals surface area contributed by atoms with E-state index in [0.29, 0.717) is 6.61 Å². The van der Waals surface area contributed by atoms with Gasteiger partial charge in [-0.3, -0.25) is 0 Å². The molecule has 0 spiro atoms. The molecule has 0 saturated heterocycles. The second kappa shape index (κ2) is 6.40. The summed E-state index contributed by atoms with van der Waals surface area (Å²) in [5.74, 6) is -0.211. The molecule has 1 heterocycles. The Hall–Kier alpha value is -2.75. The number of ether oxygens (including phenoxy) is 1. The topological polar surface area (TPSA) is 49.8 Å². The van der Waals surface area contributed by atoms with E-state index >= 15 is 0 Å². The highest BCUT2D eigenvalue weighted by Gasteiger charge is 2.23. The fourth-order valence-electron chi connectivity index (χ4n) is 3.20. The third-order valence-electron chi connectivity index (χ3n) is 4.33. The van der Waals surface area contributed by atoms with Crippen LogP contribution in [0, 0.1) is 0 Å². The van der Waals surface area contributed by atoms with Crippen molar-refractivity contribution in [2.75, 3.05) is 14.1 Å². The molecule has 24 heavy (non-hydrogen) atoms. The molecule has 2 aromatic carbocycles. The minimum atomic E-state index is -0.933. The van der Waals surface area contributed by atoms with E-state index < -0.39 is 5.97 Å². The lowest BCUT2D eigenvalue weighted by Crippen LogP contribution is -2.14. The van der Waals surface area contributed by atoms with Crippen LogP contribution in [0.1, 0.15) is 40.4 Å². The number of rotatable bonds is 3. The predicted molar refractivity (Wildman–Crippen MR) is 94.2 cm³/mol. The number of carbonyl (C=O) groups is 1. The average Bonchev–Trinajstić information content (AvgIpc) is 2.72. The molecule has 0 bridgehead atoms. The Morgan fingerprint density at radius 3 is 2.58 bits per heavy atom. The molecule has 1 N–H and O–H groups in total. The second-order valence-corrected chi connectivity index (χ2v) is 6.03. The van der Waals surface area contributed by atoms with Gasteiger partial charge in [-0.15, -0.1) is 0 Å². The molecule has 0 saturated carbocycles. The fraction of sp³-hybridized carbons (Fsp3) is 0.250. The zero-order chi connectivity index (χ0) is 17.3. The van der Waals surface area contributed by atoms with Crippen molar-refractivity contribution in [3.8, 4) is 5.75 Å². The zero-order valence-corrected chi connectivity index (χ0v) is 14.2. The first-order valence-electron chi connectivity index (χ1n) is 8.02. The van der Waals surface area contributed by atoms with Gasteiger partial charge in [-0.25, -0.2) is 4.79 Å². The summed E-state index contributed by atoms with van der Waals surface area (Å²) in [5, 5.41) is 9.38. The van der Waals surface area contributed by atoms with Crippen LogP contribution in [0.5, 0.6) is 5.75 Å². The van der Waals surface area contributed by atoms with Gasteiger partial charge in [0.15, 0.2) is 0 Å². The normalized spacial score (nSPS) is 14.8. The smallest absolute Gasteiger partial charge is 0.335 e. The van der Waals surface area contributed by atoms with Gasteiger partial charge in [0.2, 0.25) is 0 Å². The molecule has 3 rings (SSSR count). The van der Waals surface area contributed by atoms with Crippen molar-refractivity contribution >= 4 is 11.5 Å². The minimum absolute atomic E-state index is 0.267. The van der Waals surface area contributed by atoms with Crippen molar-refractivity contribution in [3.63, 3.8) is 0 Å². The molecule has 4 heteroatoms. The minimum Gasteiger partial charge on any atom is -0.488 e. The SMILES string of the molecule is CC/C(=C1/c2ccccc2COc2ccc(C(=O)O)cc21)N(C)C. The van der Waals surface area contributed by atoms with Crippen molar-refractivity contribution in [1.82, 2.24) is 4.90 Å². The lowest BCUT2D eigenvalue weighted by Gasteiger charge is -2.22. The van der Waals surface area contributed by atoms with E-state index in [4.69, 9.17) is 4.74 Å². The van der Waals surface area contributed by atoms with Crippen molar-refractivity contribution < 1.29 is 14.6 Å². The highest BCUT2D eigenvalue weighted by Crippen LogP contribution is 2.40. The quantitative estimate of drug-likeness (QED) is 0.927. The van der Waals surface area contributed by atoms with Gasteiger partial charge in [-0.2, -0.15) is 0 Å². The number of hydrogen-bond acceptors (Lipinski definition) is 3. The molecular weight excluding hydrogens is 302 g/mol. The van der Waals surface area contributed by atoms with E-state index in [9.17, 15) is 9.90 Å².